The molecule has 0 aliphatic carbocycles. The molecule has 3 aromatic carbocycles. The third-order valence-corrected chi connectivity index (χ3v) is 7.63. The summed E-state index contributed by atoms with van der Waals surface area (Å²) in [6.45, 7) is 8.68. The van der Waals surface area contributed by atoms with Gasteiger partial charge in [-0.2, -0.15) is 0 Å². The average molecular weight is 581 g/mol. The van der Waals surface area contributed by atoms with Crippen LogP contribution < -0.4 is 5.32 Å². The van der Waals surface area contributed by atoms with E-state index in [1.165, 1.54) is 12.1 Å². The van der Waals surface area contributed by atoms with Crippen LogP contribution in [-0.4, -0.2) is 35.3 Å². The fourth-order valence-electron chi connectivity index (χ4n) is 5.83. The number of anilines is 1. The molecule has 7 heteroatoms. The molecule has 0 radical (unpaired) electrons. The summed E-state index contributed by atoms with van der Waals surface area (Å²) < 4.78 is 27.8. The Kier molecular flexibility index (Phi) is 9.52. The van der Waals surface area contributed by atoms with Gasteiger partial charge in [0.05, 0.1) is 30.4 Å². The number of benzene rings is 3. The lowest BCUT2D eigenvalue weighted by atomic mass is 9.94. The van der Waals surface area contributed by atoms with Gasteiger partial charge in [0.1, 0.15) is 11.9 Å². The summed E-state index contributed by atoms with van der Waals surface area (Å²) in [5.41, 5.74) is 5.37. The Balaban J connectivity index is 1.65. The largest absolute Gasteiger partial charge is 0.462 e. The average Bonchev–Trinajstić information content (AvgIpc) is 3.36. The Morgan fingerprint density at radius 2 is 1.72 bits per heavy atom. The SMILES string of the molecule is C=CCO[C@H]1CC(=O)O[C@H](CCn2c(-c3ccc(F)cc3)c(-c3ccccc3)c(C(=O)Nc3ccccc3)c2C(C)C)C1. The topological polar surface area (TPSA) is 69.6 Å². The minimum Gasteiger partial charge on any atom is -0.462 e. The van der Waals surface area contributed by atoms with E-state index in [1.807, 2.05) is 60.7 Å². The molecule has 0 saturated carbocycles. The third kappa shape index (κ3) is 6.95. The van der Waals surface area contributed by atoms with E-state index >= 15 is 0 Å². The van der Waals surface area contributed by atoms with Crippen LogP contribution in [0.5, 0.6) is 0 Å². The maximum Gasteiger partial charge on any atom is 0.308 e. The maximum atomic E-state index is 14.2. The highest BCUT2D eigenvalue weighted by molar-refractivity contribution is 6.12. The van der Waals surface area contributed by atoms with Gasteiger partial charge in [-0.15, -0.1) is 6.58 Å². The van der Waals surface area contributed by atoms with Crippen molar-refractivity contribution in [2.24, 2.45) is 0 Å². The molecular formula is C36H37FN2O4. The van der Waals surface area contributed by atoms with Crippen LogP contribution in [0, 0.1) is 5.82 Å². The van der Waals surface area contributed by atoms with Gasteiger partial charge in [0.2, 0.25) is 0 Å². The zero-order valence-electron chi connectivity index (χ0n) is 24.6. The molecule has 0 unspecified atom stereocenters. The summed E-state index contributed by atoms with van der Waals surface area (Å²) in [6, 6.07) is 25.5. The van der Waals surface area contributed by atoms with Crippen molar-refractivity contribution in [2.45, 2.75) is 57.8 Å². The van der Waals surface area contributed by atoms with E-state index in [9.17, 15) is 14.0 Å². The van der Waals surface area contributed by atoms with Crippen LogP contribution in [0.15, 0.2) is 97.6 Å². The number of hydrogen-bond acceptors (Lipinski definition) is 4. The Morgan fingerprint density at radius 3 is 2.37 bits per heavy atom. The van der Waals surface area contributed by atoms with Crippen LogP contribution in [0.1, 0.15) is 55.1 Å². The second-order valence-electron chi connectivity index (χ2n) is 11.1. The molecule has 43 heavy (non-hydrogen) atoms. The molecular weight excluding hydrogens is 543 g/mol. The Labute approximate surface area is 252 Å². The van der Waals surface area contributed by atoms with Crippen molar-refractivity contribution >= 4 is 17.6 Å². The smallest absolute Gasteiger partial charge is 0.308 e. The molecule has 2 atom stereocenters. The molecule has 2 heterocycles. The van der Waals surface area contributed by atoms with Crippen molar-refractivity contribution in [1.82, 2.24) is 4.57 Å². The van der Waals surface area contributed by atoms with Crippen molar-refractivity contribution in [3.63, 3.8) is 0 Å². The predicted molar refractivity (Wildman–Crippen MR) is 167 cm³/mol. The zero-order valence-corrected chi connectivity index (χ0v) is 24.6. The van der Waals surface area contributed by atoms with E-state index in [0.717, 1.165) is 28.1 Å². The maximum absolute atomic E-state index is 14.2. The number of carbonyl (C=O) groups excluding carboxylic acids is 2. The third-order valence-electron chi connectivity index (χ3n) is 7.63. The minimum atomic E-state index is -0.346. The summed E-state index contributed by atoms with van der Waals surface area (Å²) in [5, 5.41) is 3.10. The highest BCUT2D eigenvalue weighted by atomic mass is 19.1. The van der Waals surface area contributed by atoms with Gasteiger partial charge in [0.15, 0.2) is 0 Å². The van der Waals surface area contributed by atoms with Crippen molar-refractivity contribution < 1.29 is 23.5 Å². The molecule has 1 aromatic heterocycles. The summed E-state index contributed by atoms with van der Waals surface area (Å²) in [5.74, 6) is -0.883. The quantitative estimate of drug-likeness (QED) is 0.144. The van der Waals surface area contributed by atoms with Gasteiger partial charge >= 0.3 is 5.97 Å². The summed E-state index contributed by atoms with van der Waals surface area (Å²) in [6.07, 6.45) is 2.41. The van der Waals surface area contributed by atoms with Crippen LogP contribution in [0.25, 0.3) is 22.4 Å². The second-order valence-corrected chi connectivity index (χ2v) is 11.1. The molecule has 1 N–H and O–H groups in total. The number of amides is 1. The van der Waals surface area contributed by atoms with Crippen LogP contribution in [0.3, 0.4) is 0 Å². The number of cyclic esters (lactones) is 1. The Morgan fingerprint density at radius 1 is 1.05 bits per heavy atom. The summed E-state index contributed by atoms with van der Waals surface area (Å²) in [7, 11) is 0. The first-order valence-electron chi connectivity index (χ1n) is 14.7. The number of hydrogen-bond donors (Lipinski definition) is 1. The van der Waals surface area contributed by atoms with Gasteiger partial charge < -0.3 is 19.4 Å². The van der Waals surface area contributed by atoms with E-state index in [4.69, 9.17) is 9.47 Å². The van der Waals surface area contributed by atoms with Crippen molar-refractivity contribution in [1.29, 1.82) is 0 Å². The first-order chi connectivity index (χ1) is 20.9. The summed E-state index contributed by atoms with van der Waals surface area (Å²) >= 11 is 0. The van der Waals surface area contributed by atoms with Crippen LogP contribution in [0.2, 0.25) is 0 Å². The van der Waals surface area contributed by atoms with Crippen LogP contribution in [-0.2, 0) is 20.8 Å². The van der Waals surface area contributed by atoms with E-state index in [1.54, 1.807) is 18.2 Å². The number of carbonyl (C=O) groups is 2. The molecule has 0 spiro atoms. The number of nitrogens with one attached hydrogen (secondary N) is 1. The van der Waals surface area contributed by atoms with E-state index < -0.39 is 0 Å². The fourth-order valence-corrected chi connectivity index (χ4v) is 5.83. The number of aromatic nitrogens is 1. The van der Waals surface area contributed by atoms with E-state index in [-0.39, 0.29) is 42.2 Å². The monoisotopic (exact) mass is 580 g/mol. The molecule has 4 aromatic rings. The van der Waals surface area contributed by atoms with E-state index in [0.29, 0.717) is 37.2 Å². The highest BCUT2D eigenvalue weighted by Crippen LogP contribution is 2.43. The van der Waals surface area contributed by atoms with Crippen molar-refractivity contribution in [2.75, 3.05) is 11.9 Å². The lowest BCUT2D eigenvalue weighted by molar-refractivity contribution is -0.162. The van der Waals surface area contributed by atoms with Gasteiger partial charge in [0.25, 0.3) is 5.91 Å². The highest BCUT2D eigenvalue weighted by Gasteiger charge is 2.33. The molecule has 222 valence electrons. The first-order valence-corrected chi connectivity index (χ1v) is 14.7. The minimum absolute atomic E-state index is 0.0363. The lowest BCUT2D eigenvalue weighted by Crippen LogP contribution is -2.35. The van der Waals surface area contributed by atoms with Crippen LogP contribution in [0.4, 0.5) is 10.1 Å². The standard InChI is InChI=1S/C36H37FN2O4/c1-4-21-42-30-22-29(43-31(40)23-30)19-20-39-34(24(2)3)33(36(41)38-28-13-9-6-10-14-28)32(25-11-7-5-8-12-25)35(39)26-15-17-27(37)18-16-26/h4-18,24,29-30H,1,19-23H2,2-3H3,(H,38,41)/t29-,30-/m1/s1. The molecule has 1 fully saturated rings. The molecule has 1 aliphatic rings. The second kappa shape index (κ2) is 13.7. The summed E-state index contributed by atoms with van der Waals surface area (Å²) in [4.78, 5) is 26.6. The number of rotatable bonds is 11. The van der Waals surface area contributed by atoms with Crippen LogP contribution >= 0.6 is 0 Å². The van der Waals surface area contributed by atoms with Gasteiger partial charge in [-0.1, -0.05) is 68.5 Å². The van der Waals surface area contributed by atoms with Gasteiger partial charge in [0, 0.05) is 36.3 Å². The molecule has 1 amide bonds. The predicted octanol–water partition coefficient (Wildman–Crippen LogP) is 8.00. The van der Waals surface area contributed by atoms with Gasteiger partial charge in [-0.25, -0.2) is 4.39 Å². The number of ether oxygens (including phenoxy) is 2. The van der Waals surface area contributed by atoms with Crippen molar-refractivity contribution in [3.8, 4) is 22.4 Å². The van der Waals surface area contributed by atoms with Crippen molar-refractivity contribution in [3.05, 3.63) is 115 Å². The normalized spacial score (nSPS) is 16.6. The number of esters is 1. The fraction of sp³-hybridized carbons (Fsp3) is 0.278. The van der Waals surface area contributed by atoms with Gasteiger partial charge in [-0.3, -0.25) is 9.59 Å². The first kappa shape index (κ1) is 30.0. The molecule has 1 saturated heterocycles. The molecule has 5 rings (SSSR count). The molecule has 6 nitrogen and oxygen atoms in total. The number of nitrogens with zero attached hydrogens (tertiary/aromatic N) is 1. The number of para-hydroxylation sites is 1. The lowest BCUT2D eigenvalue weighted by Gasteiger charge is -2.29. The molecule has 0 bridgehead atoms. The Bertz CT molecular complexity index is 1560. The number of halogens is 1. The van der Waals surface area contributed by atoms with Gasteiger partial charge in [-0.05, 0) is 53.4 Å². The zero-order chi connectivity index (χ0) is 30.3. The molecule has 1 aliphatic heterocycles. The Hall–Kier alpha value is -4.49. The van der Waals surface area contributed by atoms with E-state index in [2.05, 4.69) is 30.3 Å².